The van der Waals surface area contributed by atoms with E-state index in [1.807, 2.05) is 19.1 Å². The molecule has 0 aromatic carbocycles. The lowest BCUT2D eigenvalue weighted by Crippen LogP contribution is -2.33. The maximum Gasteiger partial charge on any atom is 0.407 e. The van der Waals surface area contributed by atoms with Gasteiger partial charge in [0.25, 0.3) is 0 Å². The highest BCUT2D eigenvalue weighted by Crippen LogP contribution is 2.26. The van der Waals surface area contributed by atoms with Crippen LogP contribution in [0.5, 0.6) is 0 Å². The Labute approximate surface area is 178 Å². The number of likely N-dealkylation sites (tertiary alicyclic amines) is 1. The van der Waals surface area contributed by atoms with Crippen LogP contribution in [-0.2, 0) is 0 Å². The summed E-state index contributed by atoms with van der Waals surface area (Å²) < 4.78 is 1.65. The molecule has 10 nitrogen and oxygen atoms in total. The summed E-state index contributed by atoms with van der Waals surface area (Å²) in [5.41, 5.74) is 8.28. The number of carboxylic acid groups (broad SMARTS) is 1. The smallest absolute Gasteiger partial charge is 0.407 e. The Kier molecular flexibility index (Phi) is 6.88. The van der Waals surface area contributed by atoms with Gasteiger partial charge in [0.2, 0.25) is 0 Å². The van der Waals surface area contributed by atoms with Crippen molar-refractivity contribution < 1.29 is 14.7 Å². The summed E-state index contributed by atoms with van der Waals surface area (Å²) >= 11 is 6.09. The summed E-state index contributed by atoms with van der Waals surface area (Å²) in [5, 5.41) is 17.7. The predicted octanol–water partition coefficient (Wildman–Crippen LogP) is 2.55. The van der Waals surface area contributed by atoms with Crippen LogP contribution in [0.4, 0.5) is 9.59 Å². The summed E-state index contributed by atoms with van der Waals surface area (Å²) in [4.78, 5) is 28.4. The molecule has 0 saturated carbocycles. The molecule has 1 saturated heterocycles. The zero-order valence-electron chi connectivity index (χ0n) is 16.7. The number of halogens is 1. The van der Waals surface area contributed by atoms with Crippen molar-refractivity contribution in [3.05, 3.63) is 40.9 Å². The van der Waals surface area contributed by atoms with E-state index in [2.05, 4.69) is 15.3 Å². The molecule has 0 bridgehead atoms. The van der Waals surface area contributed by atoms with Crippen molar-refractivity contribution in [3.63, 3.8) is 0 Å². The lowest BCUT2D eigenvalue weighted by Gasteiger charge is -2.23. The van der Waals surface area contributed by atoms with E-state index in [1.54, 1.807) is 21.8 Å². The average Bonchev–Trinajstić information content (AvgIpc) is 3.39. The highest BCUT2D eigenvalue weighted by Gasteiger charge is 2.21. The van der Waals surface area contributed by atoms with Gasteiger partial charge < -0.3 is 20.6 Å². The molecule has 30 heavy (non-hydrogen) atoms. The monoisotopic (exact) mass is 433 g/mol. The molecule has 0 aliphatic carbocycles. The maximum absolute atomic E-state index is 10.9. The number of nitrogens with two attached hydrogens (primary N) is 1. The van der Waals surface area contributed by atoms with Crippen LogP contribution in [0.3, 0.4) is 0 Å². The van der Waals surface area contributed by atoms with Crippen LogP contribution in [-0.4, -0.2) is 73.2 Å². The minimum atomic E-state index is -0.905. The Bertz CT molecular complexity index is 953. The summed E-state index contributed by atoms with van der Waals surface area (Å²) in [6, 6.07) is 3.33. The zero-order chi connectivity index (χ0) is 21.7. The fourth-order valence-electron chi connectivity index (χ4n) is 3.39. The Morgan fingerprint density at radius 3 is 2.47 bits per heavy atom. The van der Waals surface area contributed by atoms with Gasteiger partial charge in [0.1, 0.15) is 11.4 Å². The molecule has 0 unspecified atom stereocenters. The SMILES string of the molecule is Cc1c(C2=CCN(C(=O)O)CC2)nnn1-c1cccnc1Cl.NC(=O)N1CCCC1. The van der Waals surface area contributed by atoms with Crippen LogP contribution < -0.4 is 5.73 Å². The van der Waals surface area contributed by atoms with Gasteiger partial charge in [-0.3, -0.25) is 0 Å². The minimum Gasteiger partial charge on any atom is -0.465 e. The Hall–Kier alpha value is -3.14. The topological polar surface area (TPSA) is 130 Å². The number of carbonyl (C=O) groups excluding carboxylic acids is 1. The van der Waals surface area contributed by atoms with Gasteiger partial charge in [0.05, 0.1) is 5.69 Å². The predicted molar refractivity (Wildman–Crippen MR) is 111 cm³/mol. The van der Waals surface area contributed by atoms with Crippen LogP contribution >= 0.6 is 11.6 Å². The quantitative estimate of drug-likeness (QED) is 0.700. The zero-order valence-corrected chi connectivity index (χ0v) is 17.4. The van der Waals surface area contributed by atoms with Gasteiger partial charge in [0.15, 0.2) is 5.15 Å². The number of pyridine rings is 1. The first-order valence-electron chi connectivity index (χ1n) is 9.63. The average molecular weight is 434 g/mol. The fraction of sp³-hybridized carbons (Fsp3) is 0.421. The van der Waals surface area contributed by atoms with E-state index in [9.17, 15) is 9.59 Å². The molecule has 2 aromatic rings. The first-order valence-corrected chi connectivity index (χ1v) is 10.0. The van der Waals surface area contributed by atoms with Crippen molar-refractivity contribution in [2.75, 3.05) is 26.2 Å². The molecule has 4 heterocycles. The van der Waals surface area contributed by atoms with Gasteiger partial charge in [-0.1, -0.05) is 22.9 Å². The number of primary amides is 1. The third-order valence-corrected chi connectivity index (χ3v) is 5.35. The Morgan fingerprint density at radius 1 is 1.20 bits per heavy atom. The molecule has 160 valence electrons. The minimum absolute atomic E-state index is 0.275. The Balaban J connectivity index is 0.000000269. The van der Waals surface area contributed by atoms with E-state index >= 15 is 0 Å². The molecule has 3 N–H and O–H groups in total. The van der Waals surface area contributed by atoms with Gasteiger partial charge in [-0.15, -0.1) is 5.10 Å². The fourth-order valence-corrected chi connectivity index (χ4v) is 3.59. The standard InChI is InChI=1S/C14H14ClN5O2.C5H10N2O/c1-9-12(10-4-7-19(8-5-10)14(21)22)17-18-20(9)11-3-2-6-16-13(11)15;6-5(8)7-3-1-2-4-7/h2-4,6H,5,7-8H2,1H3,(H,21,22);1-4H2,(H2,6,8). The van der Waals surface area contributed by atoms with Crippen molar-refractivity contribution in [2.24, 2.45) is 5.73 Å². The first-order chi connectivity index (χ1) is 14.4. The molecule has 0 spiro atoms. The second kappa shape index (κ2) is 9.57. The summed E-state index contributed by atoms with van der Waals surface area (Å²) in [5.74, 6) is 0. The molecule has 2 aliphatic rings. The van der Waals surface area contributed by atoms with E-state index in [0.29, 0.717) is 30.4 Å². The van der Waals surface area contributed by atoms with Crippen LogP contribution in [0.1, 0.15) is 30.7 Å². The van der Waals surface area contributed by atoms with Crippen LogP contribution in [0, 0.1) is 6.92 Å². The number of rotatable bonds is 2. The summed E-state index contributed by atoms with van der Waals surface area (Å²) in [6.07, 6.45) is 5.43. The number of amides is 3. The lowest BCUT2D eigenvalue weighted by atomic mass is 10.0. The number of hydrogen-bond acceptors (Lipinski definition) is 5. The largest absolute Gasteiger partial charge is 0.465 e. The first kappa shape index (κ1) is 21.6. The van der Waals surface area contributed by atoms with Gasteiger partial charge in [-0.05, 0) is 43.9 Å². The van der Waals surface area contributed by atoms with E-state index in [1.165, 1.54) is 4.90 Å². The van der Waals surface area contributed by atoms with Crippen molar-refractivity contribution >= 4 is 29.3 Å². The van der Waals surface area contributed by atoms with Crippen LogP contribution in [0.15, 0.2) is 24.4 Å². The molecular formula is C19H24ClN7O3. The van der Waals surface area contributed by atoms with Crippen molar-refractivity contribution in [3.8, 4) is 5.69 Å². The molecule has 4 rings (SSSR count). The molecular weight excluding hydrogens is 410 g/mol. The maximum atomic E-state index is 10.9. The van der Waals surface area contributed by atoms with Gasteiger partial charge in [-0.2, -0.15) is 0 Å². The van der Waals surface area contributed by atoms with Crippen LogP contribution in [0.2, 0.25) is 5.15 Å². The molecule has 2 aromatic heterocycles. The second-order valence-electron chi connectivity index (χ2n) is 6.99. The molecule has 2 aliphatic heterocycles. The van der Waals surface area contributed by atoms with E-state index < -0.39 is 6.09 Å². The number of aromatic nitrogens is 4. The third-order valence-electron chi connectivity index (χ3n) is 5.06. The van der Waals surface area contributed by atoms with E-state index in [0.717, 1.165) is 42.9 Å². The normalized spacial score (nSPS) is 16.0. The van der Waals surface area contributed by atoms with Crippen LogP contribution in [0.25, 0.3) is 11.3 Å². The number of hydrogen-bond donors (Lipinski definition) is 2. The molecule has 0 radical (unpaired) electrons. The molecule has 1 fully saturated rings. The second-order valence-corrected chi connectivity index (χ2v) is 7.35. The van der Waals surface area contributed by atoms with Crippen molar-refractivity contribution in [1.82, 2.24) is 29.8 Å². The van der Waals surface area contributed by atoms with E-state index in [4.69, 9.17) is 22.4 Å². The number of carbonyl (C=O) groups is 2. The lowest BCUT2D eigenvalue weighted by molar-refractivity contribution is 0.150. The molecule has 0 atom stereocenters. The number of urea groups is 1. The number of nitrogens with zero attached hydrogens (tertiary/aromatic N) is 6. The summed E-state index contributed by atoms with van der Waals surface area (Å²) in [7, 11) is 0. The van der Waals surface area contributed by atoms with Crippen molar-refractivity contribution in [2.45, 2.75) is 26.2 Å². The third kappa shape index (κ3) is 4.88. The highest BCUT2D eigenvalue weighted by molar-refractivity contribution is 6.31. The highest BCUT2D eigenvalue weighted by atomic mass is 35.5. The van der Waals surface area contributed by atoms with Gasteiger partial charge >= 0.3 is 12.1 Å². The van der Waals surface area contributed by atoms with Crippen molar-refractivity contribution in [1.29, 1.82) is 0 Å². The molecule has 3 amide bonds. The van der Waals surface area contributed by atoms with E-state index in [-0.39, 0.29) is 6.03 Å². The van der Waals surface area contributed by atoms with Gasteiger partial charge in [-0.25, -0.2) is 19.3 Å². The van der Waals surface area contributed by atoms with Gasteiger partial charge in [0, 0.05) is 32.4 Å². The summed E-state index contributed by atoms with van der Waals surface area (Å²) in [6.45, 7) is 4.44. The molecule has 11 heteroatoms. The Morgan fingerprint density at radius 2 is 1.93 bits per heavy atom.